The SMILES string of the molecule is COc1ccc(F)cc1C(=O)C1CCCN(C(=O)c2cn3ccsc3n2)C1. The van der Waals surface area contributed by atoms with Crippen molar-refractivity contribution in [2.45, 2.75) is 12.8 Å². The Hall–Kier alpha value is -2.74. The molecular formula is C19H18FN3O3S. The summed E-state index contributed by atoms with van der Waals surface area (Å²) in [5, 5.41) is 1.90. The number of thiazole rings is 1. The molecule has 1 aliphatic heterocycles. The number of hydrogen-bond donors (Lipinski definition) is 0. The maximum atomic E-state index is 13.6. The predicted octanol–water partition coefficient (Wildman–Crippen LogP) is 3.28. The number of carbonyl (C=O) groups is 2. The second kappa shape index (κ2) is 7.11. The van der Waals surface area contributed by atoms with E-state index in [1.165, 1.54) is 36.6 Å². The first-order valence-electron chi connectivity index (χ1n) is 8.66. The van der Waals surface area contributed by atoms with Gasteiger partial charge in [-0.2, -0.15) is 0 Å². The number of ether oxygens (including phenoxy) is 1. The maximum absolute atomic E-state index is 13.6. The Labute approximate surface area is 159 Å². The number of rotatable bonds is 4. The molecule has 1 fully saturated rings. The summed E-state index contributed by atoms with van der Waals surface area (Å²) in [4.78, 5) is 32.5. The third kappa shape index (κ3) is 3.32. The van der Waals surface area contributed by atoms with Gasteiger partial charge < -0.3 is 9.64 Å². The summed E-state index contributed by atoms with van der Waals surface area (Å²) in [6.45, 7) is 0.872. The molecule has 0 bridgehead atoms. The second-order valence-corrected chi connectivity index (χ2v) is 7.39. The van der Waals surface area contributed by atoms with Crippen molar-refractivity contribution in [2.24, 2.45) is 5.92 Å². The lowest BCUT2D eigenvalue weighted by Gasteiger charge is -2.31. The quantitative estimate of drug-likeness (QED) is 0.645. The fourth-order valence-corrected chi connectivity index (χ4v) is 4.16. The number of methoxy groups -OCH3 is 1. The van der Waals surface area contributed by atoms with Gasteiger partial charge in [-0.3, -0.25) is 14.0 Å². The van der Waals surface area contributed by atoms with Crippen molar-refractivity contribution < 1.29 is 18.7 Å². The fraction of sp³-hybridized carbons (Fsp3) is 0.316. The molecule has 27 heavy (non-hydrogen) atoms. The normalized spacial score (nSPS) is 17.3. The number of hydrogen-bond acceptors (Lipinski definition) is 5. The van der Waals surface area contributed by atoms with Crippen LogP contribution in [0.3, 0.4) is 0 Å². The largest absolute Gasteiger partial charge is 0.496 e. The summed E-state index contributed by atoms with van der Waals surface area (Å²) in [7, 11) is 1.45. The molecule has 0 radical (unpaired) electrons. The molecule has 3 aromatic rings. The van der Waals surface area contributed by atoms with Gasteiger partial charge in [0.15, 0.2) is 10.7 Å². The lowest BCUT2D eigenvalue weighted by atomic mass is 9.89. The molecule has 4 rings (SSSR count). The first-order chi connectivity index (χ1) is 13.1. The van der Waals surface area contributed by atoms with E-state index < -0.39 is 5.82 Å². The van der Waals surface area contributed by atoms with Crippen molar-refractivity contribution in [1.82, 2.24) is 14.3 Å². The van der Waals surface area contributed by atoms with Gasteiger partial charge in [0.2, 0.25) is 0 Å². The van der Waals surface area contributed by atoms with Crippen LogP contribution in [0.5, 0.6) is 5.75 Å². The molecule has 1 saturated heterocycles. The number of ketones is 1. The zero-order valence-electron chi connectivity index (χ0n) is 14.7. The number of imidazole rings is 1. The Morgan fingerprint density at radius 1 is 1.37 bits per heavy atom. The molecule has 2 aromatic heterocycles. The zero-order chi connectivity index (χ0) is 19.0. The van der Waals surface area contributed by atoms with Crippen LogP contribution in [0, 0.1) is 11.7 Å². The molecule has 1 unspecified atom stereocenters. The van der Waals surface area contributed by atoms with Crippen molar-refractivity contribution in [3.05, 3.63) is 53.0 Å². The van der Waals surface area contributed by atoms with Crippen LogP contribution in [-0.4, -0.2) is 46.2 Å². The minimum Gasteiger partial charge on any atom is -0.496 e. The third-order valence-corrected chi connectivity index (χ3v) is 5.59. The van der Waals surface area contributed by atoms with Crippen LogP contribution in [-0.2, 0) is 0 Å². The van der Waals surface area contributed by atoms with Gasteiger partial charge in [0.05, 0.1) is 12.7 Å². The summed E-state index contributed by atoms with van der Waals surface area (Å²) >= 11 is 1.46. The standard InChI is InChI=1S/C19H18FN3O3S/c1-26-16-5-4-13(20)9-14(16)17(24)12-3-2-6-22(10-12)18(25)15-11-23-7-8-27-19(23)21-15/h4-5,7-9,11-12H,2-3,6,10H2,1H3. The Bertz CT molecular complexity index is 984. The number of likely N-dealkylation sites (tertiary alicyclic amines) is 1. The average molecular weight is 387 g/mol. The number of aromatic nitrogens is 2. The number of benzene rings is 1. The van der Waals surface area contributed by atoms with Crippen LogP contribution < -0.4 is 4.74 Å². The van der Waals surface area contributed by atoms with E-state index in [1.807, 2.05) is 16.0 Å². The maximum Gasteiger partial charge on any atom is 0.274 e. The van der Waals surface area contributed by atoms with E-state index in [1.54, 1.807) is 11.1 Å². The van der Waals surface area contributed by atoms with E-state index >= 15 is 0 Å². The lowest BCUT2D eigenvalue weighted by molar-refractivity contribution is 0.0632. The van der Waals surface area contributed by atoms with E-state index in [0.717, 1.165) is 4.96 Å². The third-order valence-electron chi connectivity index (χ3n) is 4.82. The van der Waals surface area contributed by atoms with Gasteiger partial charge in [0, 0.05) is 36.8 Å². The monoisotopic (exact) mass is 387 g/mol. The van der Waals surface area contributed by atoms with Gasteiger partial charge in [-0.1, -0.05) is 0 Å². The molecule has 1 aromatic carbocycles. The number of halogens is 1. The Balaban J connectivity index is 1.54. The van der Waals surface area contributed by atoms with Crippen molar-refractivity contribution in [2.75, 3.05) is 20.2 Å². The Kier molecular flexibility index (Phi) is 4.65. The molecule has 0 spiro atoms. The van der Waals surface area contributed by atoms with E-state index in [-0.39, 0.29) is 23.2 Å². The molecule has 0 saturated carbocycles. The molecule has 0 aliphatic carbocycles. The van der Waals surface area contributed by atoms with Crippen LogP contribution >= 0.6 is 11.3 Å². The molecule has 8 heteroatoms. The highest BCUT2D eigenvalue weighted by Crippen LogP contribution is 2.27. The fourth-order valence-electron chi connectivity index (χ4n) is 3.46. The highest BCUT2D eigenvalue weighted by atomic mass is 32.1. The lowest BCUT2D eigenvalue weighted by Crippen LogP contribution is -2.42. The highest BCUT2D eigenvalue weighted by Gasteiger charge is 2.31. The van der Waals surface area contributed by atoms with E-state index in [4.69, 9.17) is 4.74 Å². The van der Waals surface area contributed by atoms with Crippen molar-refractivity contribution in [3.8, 4) is 5.75 Å². The van der Waals surface area contributed by atoms with Crippen molar-refractivity contribution >= 4 is 28.0 Å². The van der Waals surface area contributed by atoms with Crippen molar-refractivity contribution in [1.29, 1.82) is 0 Å². The minimum absolute atomic E-state index is 0.186. The molecule has 1 aliphatic rings. The summed E-state index contributed by atoms with van der Waals surface area (Å²) in [6, 6.07) is 3.91. The zero-order valence-corrected chi connectivity index (χ0v) is 15.5. The van der Waals surface area contributed by atoms with Crippen LogP contribution in [0.25, 0.3) is 4.96 Å². The number of nitrogens with zero attached hydrogens (tertiary/aromatic N) is 3. The molecule has 1 amide bonds. The summed E-state index contributed by atoms with van der Waals surface area (Å²) in [5.74, 6) is -0.911. The van der Waals surface area contributed by atoms with E-state index in [0.29, 0.717) is 37.4 Å². The van der Waals surface area contributed by atoms with E-state index in [2.05, 4.69) is 4.98 Å². The number of Topliss-reactive ketones (excluding diaryl/α,β-unsaturated/α-hetero) is 1. The topological polar surface area (TPSA) is 63.9 Å². The van der Waals surface area contributed by atoms with Crippen LogP contribution in [0.1, 0.15) is 33.7 Å². The smallest absolute Gasteiger partial charge is 0.274 e. The number of fused-ring (bicyclic) bond motifs is 1. The van der Waals surface area contributed by atoms with Crippen LogP contribution in [0.15, 0.2) is 36.0 Å². The number of carbonyl (C=O) groups excluding carboxylic acids is 2. The summed E-state index contributed by atoms with van der Waals surface area (Å²) in [5.41, 5.74) is 0.595. The average Bonchev–Trinajstić information content (AvgIpc) is 3.29. The highest BCUT2D eigenvalue weighted by molar-refractivity contribution is 7.15. The Morgan fingerprint density at radius 2 is 2.22 bits per heavy atom. The van der Waals surface area contributed by atoms with Gasteiger partial charge in [-0.15, -0.1) is 11.3 Å². The first kappa shape index (κ1) is 17.7. The van der Waals surface area contributed by atoms with Crippen LogP contribution in [0.4, 0.5) is 4.39 Å². The van der Waals surface area contributed by atoms with Gasteiger partial charge >= 0.3 is 0 Å². The number of piperidine rings is 1. The van der Waals surface area contributed by atoms with E-state index in [9.17, 15) is 14.0 Å². The van der Waals surface area contributed by atoms with Gasteiger partial charge in [-0.05, 0) is 31.0 Å². The molecule has 1 atom stereocenters. The van der Waals surface area contributed by atoms with Gasteiger partial charge in [-0.25, -0.2) is 9.37 Å². The molecule has 6 nitrogen and oxygen atoms in total. The minimum atomic E-state index is -0.485. The van der Waals surface area contributed by atoms with Gasteiger partial charge in [0.1, 0.15) is 17.3 Å². The first-order valence-corrected chi connectivity index (χ1v) is 9.54. The molecule has 3 heterocycles. The molecule has 140 valence electrons. The molecular weight excluding hydrogens is 369 g/mol. The molecule has 0 N–H and O–H groups in total. The predicted molar refractivity (Wildman–Crippen MR) is 99.0 cm³/mol. The van der Waals surface area contributed by atoms with Crippen molar-refractivity contribution in [3.63, 3.8) is 0 Å². The summed E-state index contributed by atoms with van der Waals surface area (Å²) < 4.78 is 20.6. The summed E-state index contributed by atoms with van der Waals surface area (Å²) in [6.07, 6.45) is 4.92. The Morgan fingerprint density at radius 3 is 3.00 bits per heavy atom. The second-order valence-electron chi connectivity index (χ2n) is 6.52. The van der Waals surface area contributed by atoms with Gasteiger partial charge in [0.25, 0.3) is 5.91 Å². The van der Waals surface area contributed by atoms with Crippen LogP contribution in [0.2, 0.25) is 0 Å². The number of amides is 1.